The third kappa shape index (κ3) is 4.68. The predicted octanol–water partition coefficient (Wildman–Crippen LogP) is 3.66. The molecule has 0 aliphatic rings. The van der Waals surface area contributed by atoms with E-state index in [1.807, 2.05) is 57.2 Å². The Hall–Kier alpha value is -2.62. The highest BCUT2D eigenvalue weighted by atomic mass is 16.5. The Labute approximate surface area is 136 Å². The number of nitrogens with one attached hydrogen (secondary N) is 1. The smallest absolute Gasteiger partial charge is 0.338 e. The van der Waals surface area contributed by atoms with Gasteiger partial charge < -0.3 is 10.1 Å². The Bertz CT molecular complexity index is 722. The van der Waals surface area contributed by atoms with Crippen molar-refractivity contribution in [2.45, 2.75) is 27.2 Å². The highest BCUT2D eigenvalue weighted by molar-refractivity contribution is 5.96. The molecule has 4 heteroatoms. The van der Waals surface area contributed by atoms with Gasteiger partial charge in [-0.3, -0.25) is 4.79 Å². The van der Waals surface area contributed by atoms with Crippen molar-refractivity contribution in [2.75, 3.05) is 11.9 Å². The molecule has 0 aliphatic heterocycles. The van der Waals surface area contributed by atoms with Gasteiger partial charge in [-0.1, -0.05) is 36.8 Å². The van der Waals surface area contributed by atoms with Gasteiger partial charge in [-0.2, -0.15) is 0 Å². The second-order valence-corrected chi connectivity index (χ2v) is 5.50. The number of hydrogen-bond donors (Lipinski definition) is 1. The zero-order chi connectivity index (χ0) is 16.8. The minimum atomic E-state index is -0.483. The fourth-order valence-electron chi connectivity index (χ4n) is 2.23. The maximum atomic E-state index is 12.1. The van der Waals surface area contributed by atoms with Crippen molar-refractivity contribution in [1.82, 2.24) is 0 Å². The van der Waals surface area contributed by atoms with Gasteiger partial charge in [0.25, 0.3) is 5.91 Å². The molecule has 0 saturated heterocycles. The third-order valence-electron chi connectivity index (χ3n) is 3.57. The Kier molecular flexibility index (Phi) is 5.52. The van der Waals surface area contributed by atoms with Crippen LogP contribution in [0.3, 0.4) is 0 Å². The van der Waals surface area contributed by atoms with Gasteiger partial charge in [0.05, 0.1) is 5.56 Å². The number of aryl methyl sites for hydroxylation is 3. The zero-order valence-electron chi connectivity index (χ0n) is 13.7. The summed E-state index contributed by atoms with van der Waals surface area (Å²) >= 11 is 0. The van der Waals surface area contributed by atoms with Crippen LogP contribution in [-0.2, 0) is 16.0 Å². The fourth-order valence-corrected chi connectivity index (χ4v) is 2.23. The maximum absolute atomic E-state index is 12.1. The lowest BCUT2D eigenvalue weighted by atomic mass is 10.1. The van der Waals surface area contributed by atoms with Crippen LogP contribution in [0.2, 0.25) is 0 Å². The third-order valence-corrected chi connectivity index (χ3v) is 3.57. The summed E-state index contributed by atoms with van der Waals surface area (Å²) in [5.41, 5.74) is 4.14. The summed E-state index contributed by atoms with van der Waals surface area (Å²) in [6, 6.07) is 13.2. The van der Waals surface area contributed by atoms with Gasteiger partial charge >= 0.3 is 5.97 Å². The molecular weight excluding hydrogens is 290 g/mol. The molecule has 0 bridgehead atoms. The molecule has 0 fully saturated rings. The van der Waals surface area contributed by atoms with E-state index in [-0.39, 0.29) is 12.5 Å². The SMILES string of the molecule is CCc1cccc(NC(=O)COC(=O)c2cc(C)ccc2C)c1. The molecule has 1 N–H and O–H groups in total. The van der Waals surface area contributed by atoms with Crippen LogP contribution in [0, 0.1) is 13.8 Å². The van der Waals surface area contributed by atoms with Gasteiger partial charge in [-0.25, -0.2) is 4.79 Å². The Balaban J connectivity index is 1.93. The molecule has 0 atom stereocenters. The highest BCUT2D eigenvalue weighted by Crippen LogP contribution is 2.13. The average Bonchev–Trinajstić information content (AvgIpc) is 2.55. The molecule has 120 valence electrons. The van der Waals surface area contributed by atoms with Crippen LogP contribution >= 0.6 is 0 Å². The number of ether oxygens (including phenoxy) is 1. The molecular formula is C19H21NO3. The van der Waals surface area contributed by atoms with Crippen molar-refractivity contribution in [3.63, 3.8) is 0 Å². The average molecular weight is 311 g/mol. The van der Waals surface area contributed by atoms with Crippen LogP contribution in [0.15, 0.2) is 42.5 Å². The normalized spacial score (nSPS) is 10.2. The number of esters is 1. The van der Waals surface area contributed by atoms with Gasteiger partial charge in [0.15, 0.2) is 6.61 Å². The van der Waals surface area contributed by atoms with Crippen LogP contribution in [0.4, 0.5) is 5.69 Å². The largest absolute Gasteiger partial charge is 0.452 e. The van der Waals surface area contributed by atoms with Gasteiger partial charge in [0.2, 0.25) is 0 Å². The molecule has 4 nitrogen and oxygen atoms in total. The van der Waals surface area contributed by atoms with Crippen LogP contribution < -0.4 is 5.32 Å². The summed E-state index contributed by atoms with van der Waals surface area (Å²) in [7, 11) is 0. The summed E-state index contributed by atoms with van der Waals surface area (Å²) in [6.07, 6.45) is 0.894. The minimum absolute atomic E-state index is 0.303. The van der Waals surface area contributed by atoms with E-state index in [1.54, 1.807) is 6.07 Å². The highest BCUT2D eigenvalue weighted by Gasteiger charge is 2.13. The Morgan fingerprint density at radius 2 is 1.87 bits per heavy atom. The zero-order valence-corrected chi connectivity index (χ0v) is 13.7. The summed E-state index contributed by atoms with van der Waals surface area (Å²) in [4.78, 5) is 24.0. The Morgan fingerprint density at radius 3 is 2.61 bits per heavy atom. The van der Waals surface area contributed by atoms with E-state index in [0.29, 0.717) is 11.3 Å². The van der Waals surface area contributed by atoms with Crippen LogP contribution in [0.25, 0.3) is 0 Å². The number of rotatable bonds is 5. The molecule has 0 saturated carbocycles. The molecule has 0 spiro atoms. The molecule has 2 aromatic rings. The van der Waals surface area contributed by atoms with E-state index in [4.69, 9.17) is 4.74 Å². The number of anilines is 1. The summed E-state index contributed by atoms with van der Waals surface area (Å²) < 4.78 is 5.10. The molecule has 0 aromatic heterocycles. The first-order valence-corrected chi connectivity index (χ1v) is 7.62. The fraction of sp³-hybridized carbons (Fsp3) is 0.263. The van der Waals surface area contributed by atoms with Crippen molar-refractivity contribution in [1.29, 1.82) is 0 Å². The monoisotopic (exact) mass is 311 g/mol. The van der Waals surface area contributed by atoms with E-state index in [1.165, 1.54) is 0 Å². The van der Waals surface area contributed by atoms with Crippen molar-refractivity contribution < 1.29 is 14.3 Å². The molecule has 2 aromatic carbocycles. The maximum Gasteiger partial charge on any atom is 0.338 e. The number of benzene rings is 2. The Morgan fingerprint density at radius 1 is 1.09 bits per heavy atom. The molecule has 0 radical (unpaired) electrons. The van der Waals surface area contributed by atoms with Crippen LogP contribution in [0.1, 0.15) is 34.0 Å². The summed E-state index contributed by atoms with van der Waals surface area (Å²) in [6.45, 7) is 5.49. The van der Waals surface area contributed by atoms with Crippen LogP contribution in [0.5, 0.6) is 0 Å². The summed E-state index contributed by atoms with van der Waals surface area (Å²) in [5, 5.41) is 2.73. The first-order valence-electron chi connectivity index (χ1n) is 7.62. The molecule has 0 heterocycles. The van der Waals surface area contributed by atoms with Crippen molar-refractivity contribution in [3.05, 3.63) is 64.7 Å². The first-order chi connectivity index (χ1) is 11.0. The lowest BCUT2D eigenvalue weighted by Gasteiger charge is -2.09. The van der Waals surface area contributed by atoms with Gasteiger partial charge in [0.1, 0.15) is 0 Å². The van der Waals surface area contributed by atoms with Gasteiger partial charge in [0, 0.05) is 5.69 Å². The number of carbonyl (C=O) groups is 2. The number of carbonyl (C=O) groups excluding carboxylic acids is 2. The minimum Gasteiger partial charge on any atom is -0.452 e. The second kappa shape index (κ2) is 7.58. The quantitative estimate of drug-likeness (QED) is 0.857. The lowest BCUT2D eigenvalue weighted by molar-refractivity contribution is -0.119. The van der Waals surface area contributed by atoms with E-state index in [2.05, 4.69) is 5.32 Å². The molecule has 0 aliphatic carbocycles. The molecule has 23 heavy (non-hydrogen) atoms. The van der Waals surface area contributed by atoms with Gasteiger partial charge in [-0.05, 0) is 49.6 Å². The molecule has 1 amide bonds. The standard InChI is InChI=1S/C19H21NO3/c1-4-15-6-5-7-16(11-15)20-18(21)12-23-19(22)17-10-13(2)8-9-14(17)3/h5-11H,4,12H2,1-3H3,(H,20,21). The number of amides is 1. The first kappa shape index (κ1) is 16.7. The lowest BCUT2D eigenvalue weighted by Crippen LogP contribution is -2.21. The van der Waals surface area contributed by atoms with Crippen molar-refractivity contribution >= 4 is 17.6 Å². The van der Waals surface area contributed by atoms with E-state index < -0.39 is 5.97 Å². The van der Waals surface area contributed by atoms with Crippen molar-refractivity contribution in [2.24, 2.45) is 0 Å². The van der Waals surface area contributed by atoms with Gasteiger partial charge in [-0.15, -0.1) is 0 Å². The summed E-state index contributed by atoms with van der Waals surface area (Å²) in [5.74, 6) is -0.833. The predicted molar refractivity (Wildman–Crippen MR) is 90.6 cm³/mol. The van der Waals surface area contributed by atoms with Crippen molar-refractivity contribution in [3.8, 4) is 0 Å². The topological polar surface area (TPSA) is 55.4 Å². The molecule has 0 unspecified atom stereocenters. The van der Waals surface area contributed by atoms with E-state index >= 15 is 0 Å². The van der Waals surface area contributed by atoms with E-state index in [0.717, 1.165) is 23.1 Å². The van der Waals surface area contributed by atoms with E-state index in [9.17, 15) is 9.59 Å². The van der Waals surface area contributed by atoms with Crippen LogP contribution in [-0.4, -0.2) is 18.5 Å². The second-order valence-electron chi connectivity index (χ2n) is 5.50. The molecule has 2 rings (SSSR count). The number of hydrogen-bond acceptors (Lipinski definition) is 3.